The van der Waals surface area contributed by atoms with Crippen molar-refractivity contribution >= 4 is 40.8 Å². The van der Waals surface area contributed by atoms with E-state index < -0.39 is 12.1 Å². The third-order valence-corrected chi connectivity index (χ3v) is 6.39. The minimum atomic E-state index is -0.925. The zero-order valence-electron chi connectivity index (χ0n) is 18.3. The smallest absolute Gasteiger partial charge is 0.322 e. The number of nitrogens with one attached hydrogen (secondary N) is 3. The van der Waals surface area contributed by atoms with Crippen molar-refractivity contribution in [2.75, 3.05) is 17.7 Å². The third kappa shape index (κ3) is 5.22. The van der Waals surface area contributed by atoms with Gasteiger partial charge in [-0.25, -0.2) is 4.79 Å². The van der Waals surface area contributed by atoms with Crippen LogP contribution in [0.25, 0.3) is 0 Å². The van der Waals surface area contributed by atoms with Crippen molar-refractivity contribution in [2.45, 2.75) is 50.2 Å². The van der Waals surface area contributed by atoms with E-state index in [0.29, 0.717) is 22.1 Å². The highest BCUT2D eigenvalue weighted by atomic mass is 35.5. The normalized spacial score (nSPS) is 22.1. The van der Waals surface area contributed by atoms with Gasteiger partial charge in [-0.1, -0.05) is 36.6 Å². The van der Waals surface area contributed by atoms with Crippen molar-refractivity contribution in [2.24, 2.45) is 0 Å². The number of benzene rings is 2. The predicted molar refractivity (Wildman–Crippen MR) is 127 cm³/mol. The van der Waals surface area contributed by atoms with Crippen LogP contribution in [-0.4, -0.2) is 48.0 Å². The third-order valence-electron chi connectivity index (χ3n) is 6.14. The van der Waals surface area contributed by atoms with Crippen molar-refractivity contribution in [1.29, 1.82) is 0 Å². The Morgan fingerprint density at radius 1 is 1.09 bits per heavy atom. The molecule has 174 valence electrons. The van der Waals surface area contributed by atoms with Crippen molar-refractivity contribution in [1.82, 2.24) is 10.2 Å². The second-order valence-corrected chi connectivity index (χ2v) is 8.72. The lowest BCUT2D eigenvalue weighted by Gasteiger charge is -2.47. The molecule has 3 atom stereocenters. The van der Waals surface area contributed by atoms with Crippen LogP contribution in [0.4, 0.5) is 16.2 Å². The van der Waals surface area contributed by atoms with Gasteiger partial charge >= 0.3 is 6.03 Å². The van der Waals surface area contributed by atoms with E-state index in [9.17, 15) is 14.4 Å². The summed E-state index contributed by atoms with van der Waals surface area (Å²) >= 11 is 5.95. The molecule has 2 fully saturated rings. The minimum absolute atomic E-state index is 0.115. The molecule has 2 aromatic carbocycles. The van der Waals surface area contributed by atoms with Gasteiger partial charge < -0.3 is 25.6 Å². The number of halogens is 1. The average Bonchev–Trinajstić information content (AvgIpc) is 2.81. The molecular weight excluding hydrogens is 444 g/mol. The summed E-state index contributed by atoms with van der Waals surface area (Å²) in [5, 5.41) is 9.25. The summed E-state index contributed by atoms with van der Waals surface area (Å²) < 4.78 is 5.28. The van der Waals surface area contributed by atoms with E-state index in [2.05, 4.69) is 16.0 Å². The lowest BCUT2D eigenvalue weighted by atomic mass is 9.85. The number of amides is 4. The monoisotopic (exact) mass is 470 g/mol. The number of para-hydroxylation sites is 2. The number of hydrogen-bond donors (Lipinski definition) is 3. The van der Waals surface area contributed by atoms with Gasteiger partial charge in [0, 0.05) is 16.8 Å². The van der Waals surface area contributed by atoms with E-state index in [1.54, 1.807) is 53.4 Å². The summed E-state index contributed by atoms with van der Waals surface area (Å²) in [6.45, 7) is 0. The molecule has 1 aliphatic carbocycles. The zero-order chi connectivity index (χ0) is 23.4. The van der Waals surface area contributed by atoms with Crippen LogP contribution in [0.3, 0.4) is 0 Å². The van der Waals surface area contributed by atoms with Gasteiger partial charge in [0.2, 0.25) is 11.8 Å². The molecule has 9 heteroatoms. The maximum Gasteiger partial charge on any atom is 0.322 e. The Hall–Kier alpha value is -3.26. The van der Waals surface area contributed by atoms with E-state index in [-0.39, 0.29) is 30.3 Å². The van der Waals surface area contributed by atoms with Crippen molar-refractivity contribution in [3.05, 3.63) is 53.6 Å². The molecular formula is C24H27ClN4O4. The van der Waals surface area contributed by atoms with Gasteiger partial charge in [-0.2, -0.15) is 0 Å². The van der Waals surface area contributed by atoms with E-state index in [1.807, 2.05) is 0 Å². The molecule has 3 N–H and O–H groups in total. The molecule has 33 heavy (non-hydrogen) atoms. The Morgan fingerprint density at radius 3 is 2.58 bits per heavy atom. The van der Waals surface area contributed by atoms with Crippen LogP contribution in [0.2, 0.25) is 5.02 Å². The van der Waals surface area contributed by atoms with Crippen LogP contribution in [0.15, 0.2) is 48.5 Å². The maximum atomic E-state index is 13.4. The van der Waals surface area contributed by atoms with Crippen LogP contribution in [0.1, 0.15) is 32.1 Å². The number of fused-ring (bicyclic) bond motifs is 1. The fourth-order valence-corrected chi connectivity index (χ4v) is 4.70. The van der Waals surface area contributed by atoms with Crippen LogP contribution in [-0.2, 0) is 9.59 Å². The van der Waals surface area contributed by atoms with Crippen LogP contribution >= 0.6 is 11.6 Å². The Morgan fingerprint density at radius 2 is 1.82 bits per heavy atom. The van der Waals surface area contributed by atoms with E-state index >= 15 is 0 Å². The number of hydrogen-bond acceptors (Lipinski definition) is 4. The molecule has 1 saturated heterocycles. The first kappa shape index (κ1) is 22.9. The van der Waals surface area contributed by atoms with Gasteiger partial charge in [-0.15, -0.1) is 0 Å². The second kappa shape index (κ2) is 10.1. The van der Waals surface area contributed by atoms with Crippen molar-refractivity contribution < 1.29 is 19.1 Å². The molecule has 4 amide bonds. The number of urea groups is 1. The molecule has 1 heterocycles. The van der Waals surface area contributed by atoms with E-state index in [1.165, 1.54) is 7.11 Å². The molecule has 8 nitrogen and oxygen atoms in total. The van der Waals surface area contributed by atoms with Gasteiger partial charge in [0.25, 0.3) is 0 Å². The second-order valence-electron chi connectivity index (χ2n) is 8.28. The van der Waals surface area contributed by atoms with Crippen molar-refractivity contribution in [3.8, 4) is 5.75 Å². The number of nitrogens with zero attached hydrogens (tertiary/aromatic N) is 1. The largest absolute Gasteiger partial charge is 0.495 e. The van der Waals surface area contributed by atoms with Gasteiger partial charge in [-0.3, -0.25) is 9.59 Å². The lowest BCUT2D eigenvalue weighted by Crippen LogP contribution is -2.68. The van der Waals surface area contributed by atoms with Crippen LogP contribution in [0.5, 0.6) is 5.75 Å². The SMILES string of the molecule is COc1ccccc1NC(=O)C[C@@H]1C(=O)N[C@@H]2CCCC[C@@H]2N1C(=O)Nc1ccc(Cl)cc1. The summed E-state index contributed by atoms with van der Waals surface area (Å²) in [7, 11) is 1.52. The fourth-order valence-electron chi connectivity index (χ4n) is 4.58. The number of carbonyl (C=O) groups is 3. The molecule has 0 bridgehead atoms. The molecule has 2 aromatic rings. The number of anilines is 2. The number of methoxy groups -OCH3 is 1. The Labute approximate surface area is 197 Å². The standard InChI is InChI=1S/C24H27ClN4O4/c1-33-21-9-5-3-7-18(21)27-22(30)14-20-23(31)28-17-6-2-4-8-19(17)29(20)24(32)26-16-12-10-15(25)11-13-16/h3,5,7,9-13,17,19-20H,2,4,6,8,14H2,1H3,(H,26,32)(H,27,30)(H,28,31)/t17-,19+,20-/m1/s1. The topological polar surface area (TPSA) is 99.8 Å². The highest BCUT2D eigenvalue weighted by Gasteiger charge is 2.46. The molecule has 0 radical (unpaired) electrons. The van der Waals surface area contributed by atoms with Gasteiger partial charge in [0.15, 0.2) is 0 Å². The molecule has 1 aliphatic heterocycles. The molecule has 0 aromatic heterocycles. The number of rotatable bonds is 5. The number of carbonyl (C=O) groups excluding carboxylic acids is 3. The van der Waals surface area contributed by atoms with Gasteiger partial charge in [-0.05, 0) is 49.2 Å². The first-order chi connectivity index (χ1) is 16.0. The summed E-state index contributed by atoms with van der Waals surface area (Å²) in [5.41, 5.74) is 1.08. The maximum absolute atomic E-state index is 13.4. The van der Waals surface area contributed by atoms with E-state index in [4.69, 9.17) is 16.3 Å². The van der Waals surface area contributed by atoms with E-state index in [0.717, 1.165) is 25.7 Å². The summed E-state index contributed by atoms with van der Waals surface area (Å²) in [4.78, 5) is 40.8. The molecule has 0 unspecified atom stereocenters. The Kier molecular flexibility index (Phi) is 7.03. The van der Waals surface area contributed by atoms with Crippen LogP contribution in [0, 0.1) is 0 Å². The minimum Gasteiger partial charge on any atom is -0.495 e. The highest BCUT2D eigenvalue weighted by molar-refractivity contribution is 6.30. The average molecular weight is 471 g/mol. The first-order valence-corrected chi connectivity index (χ1v) is 11.4. The fraction of sp³-hybridized carbons (Fsp3) is 0.375. The zero-order valence-corrected chi connectivity index (χ0v) is 19.1. The summed E-state index contributed by atoms with van der Waals surface area (Å²) in [5.74, 6) is -0.179. The molecule has 2 aliphatic rings. The molecule has 1 saturated carbocycles. The highest BCUT2D eigenvalue weighted by Crippen LogP contribution is 2.31. The summed E-state index contributed by atoms with van der Waals surface area (Å²) in [6, 6.07) is 12.2. The lowest BCUT2D eigenvalue weighted by molar-refractivity contribution is -0.135. The van der Waals surface area contributed by atoms with Gasteiger partial charge in [0.1, 0.15) is 11.8 Å². The van der Waals surface area contributed by atoms with Crippen LogP contribution < -0.4 is 20.7 Å². The summed E-state index contributed by atoms with van der Waals surface area (Å²) in [6.07, 6.45) is 3.36. The Bertz CT molecular complexity index is 1030. The predicted octanol–water partition coefficient (Wildman–Crippen LogP) is 4.02. The van der Waals surface area contributed by atoms with Gasteiger partial charge in [0.05, 0.1) is 25.3 Å². The molecule has 4 rings (SSSR count). The quantitative estimate of drug-likeness (QED) is 0.614. The number of piperazine rings is 1. The molecule has 0 spiro atoms. The Balaban J connectivity index is 1.55. The van der Waals surface area contributed by atoms with Crippen molar-refractivity contribution in [3.63, 3.8) is 0 Å². The first-order valence-electron chi connectivity index (χ1n) is 11.0. The number of ether oxygens (including phenoxy) is 1.